The Bertz CT molecular complexity index is 844. The number of aryl methyl sites for hydroxylation is 2. The Morgan fingerprint density at radius 1 is 1.41 bits per heavy atom. The van der Waals surface area contributed by atoms with E-state index >= 15 is 0 Å². The van der Waals surface area contributed by atoms with Crippen LogP contribution in [0.5, 0.6) is 0 Å². The molecule has 0 aliphatic heterocycles. The van der Waals surface area contributed by atoms with Gasteiger partial charge in [-0.1, -0.05) is 0 Å². The molecule has 0 atom stereocenters. The highest BCUT2D eigenvalue weighted by Crippen LogP contribution is 2.05. The Balaban J connectivity index is 1.71. The molecule has 0 unspecified atom stereocenters. The van der Waals surface area contributed by atoms with Gasteiger partial charge in [-0.15, -0.1) is 0 Å². The highest BCUT2D eigenvalue weighted by molar-refractivity contribution is 5.72. The van der Waals surface area contributed by atoms with Gasteiger partial charge in [-0.2, -0.15) is 5.10 Å². The van der Waals surface area contributed by atoms with Crippen LogP contribution in [0.1, 0.15) is 11.6 Å². The first-order valence-corrected chi connectivity index (χ1v) is 7.12. The number of hydrogen-bond acceptors (Lipinski definition) is 5. The number of H-pyrrole nitrogens is 1. The number of fused-ring (bicyclic) bond motifs is 1. The number of hydrogen-bond donors (Lipinski definition) is 1. The summed E-state index contributed by atoms with van der Waals surface area (Å²) in [4.78, 5) is 25.6. The van der Waals surface area contributed by atoms with E-state index in [-0.39, 0.29) is 5.56 Å². The second-order valence-corrected chi connectivity index (χ2v) is 5.42. The summed E-state index contributed by atoms with van der Waals surface area (Å²) >= 11 is 0. The van der Waals surface area contributed by atoms with Crippen molar-refractivity contribution in [2.24, 2.45) is 7.05 Å². The number of imidazole rings is 1. The van der Waals surface area contributed by atoms with Crippen LogP contribution in [-0.2, 0) is 20.1 Å². The number of nitrogens with one attached hydrogen (secondary N) is 1. The van der Waals surface area contributed by atoms with Crippen molar-refractivity contribution in [3.05, 3.63) is 40.6 Å². The fourth-order valence-electron chi connectivity index (χ4n) is 2.41. The monoisotopic (exact) mass is 301 g/mol. The van der Waals surface area contributed by atoms with Crippen molar-refractivity contribution in [1.29, 1.82) is 0 Å². The first-order chi connectivity index (χ1) is 10.5. The largest absolute Gasteiger partial charge is 0.334 e. The molecule has 22 heavy (non-hydrogen) atoms. The van der Waals surface area contributed by atoms with E-state index in [0.29, 0.717) is 23.4 Å². The van der Waals surface area contributed by atoms with Gasteiger partial charge in [0.05, 0.1) is 12.7 Å². The van der Waals surface area contributed by atoms with Crippen molar-refractivity contribution in [1.82, 2.24) is 34.2 Å². The predicted octanol–water partition coefficient (Wildman–Crippen LogP) is 0.294. The van der Waals surface area contributed by atoms with Crippen LogP contribution in [0.25, 0.3) is 11.0 Å². The molecule has 3 rings (SSSR count). The molecule has 0 spiro atoms. The summed E-state index contributed by atoms with van der Waals surface area (Å²) in [6.07, 6.45) is 5.30. The van der Waals surface area contributed by atoms with Gasteiger partial charge in [0.15, 0.2) is 5.65 Å². The maximum Gasteiger partial charge on any atom is 0.262 e. The Hall–Kier alpha value is -2.48. The first kappa shape index (κ1) is 14.5. The predicted molar refractivity (Wildman–Crippen MR) is 82.4 cm³/mol. The van der Waals surface area contributed by atoms with Crippen molar-refractivity contribution in [2.45, 2.75) is 20.0 Å². The van der Waals surface area contributed by atoms with E-state index in [1.165, 1.54) is 6.20 Å². The molecule has 0 saturated heterocycles. The standard InChI is InChI=1S/C14H19N7O/c1-10-15-4-5-21(10)7-6-19(2)9-12-17-13-11(14(22)18-12)8-16-20(13)3/h4-5,8H,6-7,9H2,1-3H3,(H,17,18,22). The topological polar surface area (TPSA) is 84.6 Å². The van der Waals surface area contributed by atoms with Crippen molar-refractivity contribution in [3.8, 4) is 0 Å². The Morgan fingerprint density at radius 3 is 2.95 bits per heavy atom. The highest BCUT2D eigenvalue weighted by Gasteiger charge is 2.10. The van der Waals surface area contributed by atoms with Crippen LogP contribution in [-0.4, -0.2) is 47.8 Å². The zero-order valence-corrected chi connectivity index (χ0v) is 12.9. The fraction of sp³-hybridized carbons (Fsp3) is 0.429. The molecule has 116 valence electrons. The number of likely N-dealkylation sites (N-methyl/N-ethyl adjacent to an activating group) is 1. The van der Waals surface area contributed by atoms with Gasteiger partial charge in [0.1, 0.15) is 17.0 Å². The lowest BCUT2D eigenvalue weighted by Crippen LogP contribution is -2.25. The molecule has 0 fully saturated rings. The summed E-state index contributed by atoms with van der Waals surface area (Å²) in [6, 6.07) is 0. The SMILES string of the molecule is Cc1nccn1CCN(C)Cc1nc2c(cnn2C)c(=O)[nH]1. The Kier molecular flexibility index (Phi) is 3.76. The van der Waals surface area contributed by atoms with Crippen LogP contribution in [0.4, 0.5) is 0 Å². The second-order valence-electron chi connectivity index (χ2n) is 5.42. The summed E-state index contributed by atoms with van der Waals surface area (Å²) in [5.74, 6) is 1.64. The highest BCUT2D eigenvalue weighted by atomic mass is 16.1. The molecule has 1 N–H and O–H groups in total. The van der Waals surface area contributed by atoms with Gasteiger partial charge in [0.2, 0.25) is 0 Å². The number of aromatic nitrogens is 6. The molecule has 0 aliphatic rings. The fourth-order valence-corrected chi connectivity index (χ4v) is 2.41. The van der Waals surface area contributed by atoms with Crippen LogP contribution in [0.3, 0.4) is 0 Å². The smallest absolute Gasteiger partial charge is 0.262 e. The number of aromatic amines is 1. The lowest BCUT2D eigenvalue weighted by Gasteiger charge is -2.16. The first-order valence-electron chi connectivity index (χ1n) is 7.12. The van der Waals surface area contributed by atoms with E-state index in [1.807, 2.05) is 20.2 Å². The Labute approximate surface area is 127 Å². The summed E-state index contributed by atoms with van der Waals surface area (Å²) in [6.45, 7) is 4.24. The van der Waals surface area contributed by atoms with Gasteiger partial charge < -0.3 is 9.55 Å². The maximum absolute atomic E-state index is 12.0. The minimum Gasteiger partial charge on any atom is -0.334 e. The zero-order valence-electron chi connectivity index (χ0n) is 12.9. The average Bonchev–Trinajstić information content (AvgIpc) is 3.04. The molecular weight excluding hydrogens is 282 g/mol. The molecule has 0 amide bonds. The third-order valence-corrected chi connectivity index (χ3v) is 3.72. The van der Waals surface area contributed by atoms with E-state index in [0.717, 1.165) is 18.9 Å². The molecule has 0 aliphatic carbocycles. The molecule has 8 heteroatoms. The van der Waals surface area contributed by atoms with Gasteiger partial charge in [0, 0.05) is 32.5 Å². The molecule has 0 bridgehead atoms. The summed E-state index contributed by atoms with van der Waals surface area (Å²) in [7, 11) is 3.78. The van der Waals surface area contributed by atoms with Crippen LogP contribution >= 0.6 is 0 Å². The van der Waals surface area contributed by atoms with Crippen LogP contribution in [0.15, 0.2) is 23.4 Å². The summed E-state index contributed by atoms with van der Waals surface area (Å²) < 4.78 is 3.71. The van der Waals surface area contributed by atoms with E-state index in [4.69, 9.17) is 0 Å². The molecule has 0 aromatic carbocycles. The van der Waals surface area contributed by atoms with Gasteiger partial charge >= 0.3 is 0 Å². The van der Waals surface area contributed by atoms with Crippen LogP contribution < -0.4 is 5.56 Å². The van der Waals surface area contributed by atoms with Crippen LogP contribution in [0, 0.1) is 6.92 Å². The summed E-state index contributed by atoms with van der Waals surface area (Å²) in [5.41, 5.74) is 0.463. The second kappa shape index (κ2) is 5.72. The van der Waals surface area contributed by atoms with Crippen molar-refractivity contribution >= 4 is 11.0 Å². The molecule has 0 radical (unpaired) electrons. The molecule has 8 nitrogen and oxygen atoms in total. The quantitative estimate of drug-likeness (QED) is 0.732. The van der Waals surface area contributed by atoms with E-state index in [9.17, 15) is 4.79 Å². The average molecular weight is 301 g/mol. The molecule has 3 aromatic heterocycles. The summed E-state index contributed by atoms with van der Waals surface area (Å²) in [5, 5.41) is 4.58. The number of rotatable bonds is 5. The molecule has 3 heterocycles. The lowest BCUT2D eigenvalue weighted by molar-refractivity contribution is 0.303. The van der Waals surface area contributed by atoms with E-state index in [2.05, 4.69) is 29.5 Å². The lowest BCUT2D eigenvalue weighted by atomic mass is 10.4. The molecule has 0 saturated carbocycles. The van der Waals surface area contributed by atoms with Gasteiger partial charge in [-0.25, -0.2) is 9.97 Å². The van der Waals surface area contributed by atoms with Crippen molar-refractivity contribution < 1.29 is 0 Å². The Morgan fingerprint density at radius 2 is 2.23 bits per heavy atom. The minimum absolute atomic E-state index is 0.146. The van der Waals surface area contributed by atoms with Gasteiger partial charge in [-0.05, 0) is 14.0 Å². The molecule has 3 aromatic rings. The zero-order chi connectivity index (χ0) is 15.7. The minimum atomic E-state index is -0.146. The molecular formula is C14H19N7O. The number of nitrogens with zero attached hydrogens (tertiary/aromatic N) is 6. The van der Waals surface area contributed by atoms with Gasteiger partial charge in [0.25, 0.3) is 5.56 Å². The van der Waals surface area contributed by atoms with Crippen LogP contribution in [0.2, 0.25) is 0 Å². The van der Waals surface area contributed by atoms with E-state index in [1.54, 1.807) is 17.9 Å². The van der Waals surface area contributed by atoms with Crippen molar-refractivity contribution in [2.75, 3.05) is 13.6 Å². The third kappa shape index (κ3) is 2.77. The normalized spacial score (nSPS) is 11.6. The van der Waals surface area contributed by atoms with Crippen molar-refractivity contribution in [3.63, 3.8) is 0 Å². The van der Waals surface area contributed by atoms with Gasteiger partial charge in [-0.3, -0.25) is 14.4 Å². The van der Waals surface area contributed by atoms with E-state index < -0.39 is 0 Å². The maximum atomic E-state index is 12.0. The third-order valence-electron chi connectivity index (χ3n) is 3.72.